The summed E-state index contributed by atoms with van der Waals surface area (Å²) in [4.78, 5) is 0. The molecule has 0 nitrogen and oxygen atoms in total. The number of rotatable bonds is 9. The second-order valence-corrected chi connectivity index (χ2v) is 60.4. The van der Waals surface area contributed by atoms with E-state index in [0.717, 1.165) is 25.3 Å². The van der Waals surface area contributed by atoms with Crippen molar-refractivity contribution in [1.29, 1.82) is 0 Å². The van der Waals surface area contributed by atoms with Gasteiger partial charge in [-0.05, 0) is 0 Å². The molecule has 3 atom stereocenters. The zero-order valence-corrected chi connectivity index (χ0v) is 39.0. The molecule has 0 amide bonds. The van der Waals surface area contributed by atoms with Gasteiger partial charge in [-0.3, -0.25) is 0 Å². The first-order valence-corrected chi connectivity index (χ1v) is 35.6. The van der Waals surface area contributed by atoms with Crippen LogP contribution in [0.5, 0.6) is 0 Å². The summed E-state index contributed by atoms with van der Waals surface area (Å²) in [5, 5.41) is 0. The predicted octanol–water partition coefficient (Wildman–Crippen LogP) is 15.5. The van der Waals surface area contributed by atoms with Crippen molar-refractivity contribution in [2.45, 2.75) is 115 Å². The Morgan fingerprint density at radius 2 is 0.962 bits per heavy atom. The van der Waals surface area contributed by atoms with Crippen LogP contribution in [0.4, 0.5) is 0 Å². The van der Waals surface area contributed by atoms with E-state index < -0.39 is 21.5 Å². The third-order valence-corrected chi connectivity index (χ3v) is 62.1. The van der Waals surface area contributed by atoms with E-state index in [2.05, 4.69) is 168 Å². The zero-order valence-electron chi connectivity index (χ0n) is 33.9. The SMILES string of the molecule is CCC[SiH](C)[Zr]([Cl])([Cl])([CH]1C(CC(C)(C)C)=Cc2c(-c3cc(C)cc(C)c3)cccc21)[CH]1C(CC(C)(C)C)=Cc2c(-c3cc(C)cc(C)c3)cccc21. The number of aryl methyl sites for hydroxylation is 4. The van der Waals surface area contributed by atoms with Gasteiger partial charge in [-0.2, -0.15) is 0 Å². The van der Waals surface area contributed by atoms with Gasteiger partial charge in [0.2, 0.25) is 0 Å². The Morgan fingerprint density at radius 3 is 1.29 bits per heavy atom. The van der Waals surface area contributed by atoms with Crippen molar-refractivity contribution in [3.8, 4) is 22.3 Å². The van der Waals surface area contributed by atoms with Gasteiger partial charge in [0.05, 0.1) is 0 Å². The van der Waals surface area contributed by atoms with Gasteiger partial charge in [0, 0.05) is 0 Å². The molecule has 3 unspecified atom stereocenters. The Hall–Kier alpha value is -1.96. The molecule has 6 rings (SSSR count). The van der Waals surface area contributed by atoms with Crippen LogP contribution in [0.15, 0.2) is 83.9 Å². The standard InChI is InChI=1S/2C22H25.C4H11Si.2ClH.Zr/c2*1-15-9-16(2)11-19(10-15)20-8-6-7-18-12-17(13-21(18)20)14-22(3,4)5;1-3-4-5-2;;;/h2*6-13H,14H2,1-5H3;5H,3-4H2,1-2H3;2*1H;/q;;;;;+2/p-2. The molecule has 52 heavy (non-hydrogen) atoms. The van der Waals surface area contributed by atoms with Crippen LogP contribution in [0, 0.1) is 38.5 Å². The third kappa shape index (κ3) is 7.50. The number of hydrogen-bond acceptors (Lipinski definition) is 0. The maximum absolute atomic E-state index is 9.09. The molecule has 0 heterocycles. The number of hydrogen-bond donors (Lipinski definition) is 0. The molecule has 0 aliphatic heterocycles. The summed E-state index contributed by atoms with van der Waals surface area (Å²) in [6.07, 6.45) is 8.19. The van der Waals surface area contributed by atoms with Crippen molar-refractivity contribution in [1.82, 2.24) is 0 Å². The minimum atomic E-state index is -5.07. The van der Waals surface area contributed by atoms with E-state index in [4.69, 9.17) is 17.0 Å². The summed E-state index contributed by atoms with van der Waals surface area (Å²) >= 11 is -5.07. The average Bonchev–Trinajstić information content (AvgIpc) is 3.56. The molecule has 0 N–H and O–H groups in total. The van der Waals surface area contributed by atoms with E-state index in [9.17, 15) is 0 Å². The summed E-state index contributed by atoms with van der Waals surface area (Å²) in [6, 6.07) is 29.1. The summed E-state index contributed by atoms with van der Waals surface area (Å²) in [7, 11) is 18.2. The molecule has 0 radical (unpaired) electrons. The molecular weight excluding hydrogens is 767 g/mol. The summed E-state index contributed by atoms with van der Waals surface area (Å²) in [5.74, 6) is -1.74. The monoisotopic (exact) mass is 825 g/mol. The molecule has 0 aromatic heterocycles. The quantitative estimate of drug-likeness (QED) is 0.147. The Morgan fingerprint density at radius 1 is 0.596 bits per heavy atom. The fraction of sp³-hybridized carbons (Fsp3) is 0.417. The van der Waals surface area contributed by atoms with Crippen LogP contribution in [0.3, 0.4) is 0 Å². The van der Waals surface area contributed by atoms with E-state index in [1.807, 2.05) is 0 Å². The molecule has 0 spiro atoms. The van der Waals surface area contributed by atoms with Gasteiger partial charge in [0.1, 0.15) is 0 Å². The van der Waals surface area contributed by atoms with Crippen LogP contribution in [0.2, 0.25) is 12.6 Å². The van der Waals surface area contributed by atoms with Gasteiger partial charge < -0.3 is 0 Å². The number of fused-ring (bicyclic) bond motifs is 2. The van der Waals surface area contributed by atoms with Gasteiger partial charge in [-0.15, -0.1) is 0 Å². The van der Waals surface area contributed by atoms with Crippen molar-refractivity contribution >= 4 is 35.1 Å². The molecule has 275 valence electrons. The number of allylic oxidation sites excluding steroid dienone is 2. The van der Waals surface area contributed by atoms with Crippen molar-refractivity contribution in [2.24, 2.45) is 10.8 Å². The minimum absolute atomic E-state index is 0.0715. The van der Waals surface area contributed by atoms with Crippen LogP contribution in [0.1, 0.15) is 119 Å². The molecule has 2 aliphatic rings. The van der Waals surface area contributed by atoms with Crippen molar-refractivity contribution < 1.29 is 15.6 Å². The average molecular weight is 828 g/mol. The van der Waals surface area contributed by atoms with Crippen molar-refractivity contribution in [3.63, 3.8) is 0 Å². The van der Waals surface area contributed by atoms with Gasteiger partial charge >= 0.3 is 327 Å². The zero-order chi connectivity index (χ0) is 38.0. The predicted molar refractivity (Wildman–Crippen MR) is 232 cm³/mol. The first-order valence-electron chi connectivity index (χ1n) is 19.6. The van der Waals surface area contributed by atoms with Gasteiger partial charge in [0.25, 0.3) is 0 Å². The van der Waals surface area contributed by atoms with Crippen LogP contribution in [-0.2, 0) is 15.6 Å². The Bertz CT molecular complexity index is 1900. The van der Waals surface area contributed by atoms with Crippen molar-refractivity contribution in [2.75, 3.05) is 0 Å². The van der Waals surface area contributed by atoms with E-state index >= 15 is 0 Å². The number of halogens is 2. The summed E-state index contributed by atoms with van der Waals surface area (Å²) in [6.45, 7) is 28.0. The number of benzene rings is 4. The Balaban J connectivity index is 1.68. The van der Waals surface area contributed by atoms with Crippen LogP contribution in [-0.4, -0.2) is 5.92 Å². The van der Waals surface area contributed by atoms with Crippen LogP contribution < -0.4 is 0 Å². The van der Waals surface area contributed by atoms with Gasteiger partial charge in [0.15, 0.2) is 0 Å². The first-order chi connectivity index (χ1) is 24.2. The van der Waals surface area contributed by atoms with E-state index in [0.29, 0.717) is 0 Å². The Kier molecular flexibility index (Phi) is 10.9. The molecular formula is C48H61Cl2SiZr. The topological polar surface area (TPSA) is 0 Å². The van der Waals surface area contributed by atoms with Gasteiger partial charge in [-0.1, -0.05) is 0 Å². The van der Waals surface area contributed by atoms with Gasteiger partial charge in [-0.25, -0.2) is 0 Å². The van der Waals surface area contributed by atoms with E-state index in [1.54, 1.807) is 0 Å². The first kappa shape index (κ1) is 39.7. The fourth-order valence-corrected chi connectivity index (χ4v) is 51.1. The maximum atomic E-state index is 9.09. The molecule has 2 aliphatic carbocycles. The molecule has 0 bridgehead atoms. The second kappa shape index (κ2) is 14.3. The van der Waals surface area contributed by atoms with E-state index in [-0.39, 0.29) is 18.1 Å². The molecule has 4 aromatic carbocycles. The van der Waals surface area contributed by atoms with E-state index in [1.165, 1.54) is 77.9 Å². The summed E-state index contributed by atoms with van der Waals surface area (Å²) in [5.41, 5.74) is 19.0. The molecule has 0 saturated carbocycles. The molecule has 4 aromatic rings. The molecule has 0 fully saturated rings. The van der Waals surface area contributed by atoms with Crippen LogP contribution >= 0.6 is 17.0 Å². The summed E-state index contributed by atoms with van der Waals surface area (Å²) < 4.78 is 0.143. The fourth-order valence-electron chi connectivity index (χ4n) is 9.97. The Labute approximate surface area is 324 Å². The normalized spacial score (nSPS) is 18.7. The molecule has 0 saturated heterocycles. The molecule has 4 heteroatoms. The second-order valence-electron chi connectivity index (χ2n) is 19.1. The van der Waals surface area contributed by atoms with Crippen molar-refractivity contribution in [3.05, 3.63) is 128 Å². The van der Waals surface area contributed by atoms with Crippen LogP contribution in [0.25, 0.3) is 34.4 Å². The third-order valence-electron chi connectivity index (χ3n) is 11.6.